The third kappa shape index (κ3) is 2.62. The number of fused-ring (bicyclic) bond motifs is 7. The molecule has 1 saturated heterocycles. The molecule has 0 aromatic heterocycles. The molecule has 0 aromatic carbocycles. The van der Waals surface area contributed by atoms with E-state index in [1.54, 1.807) is 13.8 Å². The van der Waals surface area contributed by atoms with Crippen molar-refractivity contribution in [1.29, 1.82) is 0 Å². The van der Waals surface area contributed by atoms with Gasteiger partial charge in [0, 0.05) is 36.0 Å². The zero-order valence-corrected chi connectivity index (χ0v) is 19.8. The summed E-state index contributed by atoms with van der Waals surface area (Å²) in [6.07, 6.45) is 2.01. The second-order valence-corrected chi connectivity index (χ2v) is 11.1. The molecule has 7 heteroatoms. The quantitative estimate of drug-likeness (QED) is 0.662. The Morgan fingerprint density at radius 2 is 2.00 bits per heavy atom. The van der Waals surface area contributed by atoms with Gasteiger partial charge >= 0.3 is 0 Å². The van der Waals surface area contributed by atoms with E-state index in [0.717, 1.165) is 6.42 Å². The van der Waals surface area contributed by atoms with Gasteiger partial charge in [0.25, 0.3) is 0 Å². The standard InChI is InChI=1S/C26H34F2O5/c1-5-7-22-32-21-12-15-16-11-18(27)17-10-14(29)8-9-23(17,3)25(16,28)20(31)13-24(15,4)26(21,33-22)19(30)6-2/h8-9,15-16,20-22,31H,5-7,10-13H2,1-4H3/t15?,16?,20?,21?,22?,23-,24-,25?,26+/m0/s1. The molecule has 0 radical (unpaired) electrons. The van der Waals surface area contributed by atoms with Crippen LogP contribution in [0.5, 0.6) is 0 Å². The molecule has 182 valence electrons. The SMILES string of the molecule is CCCC1OC2CC3C4CC(F)=C5CC(=O)C=C[C@]5(C)C4(F)C(O)C[C@]3(C)[C@]2(C(=O)CC)O1. The second-order valence-electron chi connectivity index (χ2n) is 11.1. The van der Waals surface area contributed by atoms with Crippen molar-refractivity contribution in [2.24, 2.45) is 22.7 Å². The van der Waals surface area contributed by atoms with E-state index < -0.39 is 58.3 Å². The number of alkyl halides is 1. The van der Waals surface area contributed by atoms with Crippen LogP contribution in [0.4, 0.5) is 8.78 Å². The van der Waals surface area contributed by atoms with Crippen molar-refractivity contribution in [1.82, 2.24) is 0 Å². The van der Waals surface area contributed by atoms with Crippen LogP contribution in [0.25, 0.3) is 0 Å². The van der Waals surface area contributed by atoms with E-state index in [2.05, 4.69) is 0 Å². The first-order valence-electron chi connectivity index (χ1n) is 12.3. The second kappa shape index (κ2) is 7.28. The lowest BCUT2D eigenvalue weighted by Crippen LogP contribution is -2.69. The molecule has 3 fully saturated rings. The molecule has 33 heavy (non-hydrogen) atoms. The van der Waals surface area contributed by atoms with Crippen LogP contribution in [-0.4, -0.2) is 46.4 Å². The summed E-state index contributed by atoms with van der Waals surface area (Å²) in [7, 11) is 0. The number of ether oxygens (including phenoxy) is 2. The van der Waals surface area contributed by atoms with Crippen molar-refractivity contribution in [2.45, 2.75) is 102 Å². The first kappa shape index (κ1) is 23.3. The van der Waals surface area contributed by atoms with E-state index in [1.807, 2.05) is 13.8 Å². The summed E-state index contributed by atoms with van der Waals surface area (Å²) in [6.45, 7) is 7.28. The van der Waals surface area contributed by atoms with Gasteiger partial charge in [-0.15, -0.1) is 0 Å². The largest absolute Gasteiger partial charge is 0.390 e. The highest BCUT2D eigenvalue weighted by molar-refractivity contribution is 5.94. The maximum atomic E-state index is 17.2. The summed E-state index contributed by atoms with van der Waals surface area (Å²) < 4.78 is 45.3. The number of hydrogen-bond acceptors (Lipinski definition) is 5. The Labute approximate surface area is 193 Å². The average Bonchev–Trinajstić information content (AvgIpc) is 3.24. The Kier molecular flexibility index (Phi) is 5.14. The Hall–Kier alpha value is -1.44. The van der Waals surface area contributed by atoms with Gasteiger partial charge in [0.2, 0.25) is 0 Å². The zero-order chi connectivity index (χ0) is 24.0. The van der Waals surface area contributed by atoms with Crippen molar-refractivity contribution in [3.8, 4) is 0 Å². The van der Waals surface area contributed by atoms with Gasteiger partial charge in [0.05, 0.1) is 12.2 Å². The molecule has 0 amide bonds. The number of halogens is 2. The van der Waals surface area contributed by atoms with Crippen molar-refractivity contribution in [2.75, 3.05) is 0 Å². The van der Waals surface area contributed by atoms with Crippen LogP contribution in [-0.2, 0) is 19.1 Å². The van der Waals surface area contributed by atoms with Crippen molar-refractivity contribution < 1.29 is 33.0 Å². The predicted molar refractivity (Wildman–Crippen MR) is 116 cm³/mol. The third-order valence-corrected chi connectivity index (χ3v) is 9.71. The molecule has 1 aliphatic heterocycles. The van der Waals surface area contributed by atoms with E-state index in [0.29, 0.717) is 12.8 Å². The minimum atomic E-state index is -2.16. The summed E-state index contributed by atoms with van der Waals surface area (Å²) in [5.41, 5.74) is -5.59. The predicted octanol–water partition coefficient (Wildman–Crippen LogP) is 4.52. The van der Waals surface area contributed by atoms with E-state index in [1.165, 1.54) is 12.2 Å². The highest BCUT2D eigenvalue weighted by Gasteiger charge is 2.79. The van der Waals surface area contributed by atoms with Gasteiger partial charge in [-0.3, -0.25) is 9.59 Å². The van der Waals surface area contributed by atoms with Gasteiger partial charge in [0.15, 0.2) is 29.1 Å². The van der Waals surface area contributed by atoms with E-state index in [9.17, 15) is 14.7 Å². The minimum absolute atomic E-state index is 0.0153. The van der Waals surface area contributed by atoms with Crippen LogP contribution in [0, 0.1) is 22.7 Å². The first-order chi connectivity index (χ1) is 15.5. The topological polar surface area (TPSA) is 72.8 Å². The molecule has 0 spiro atoms. The number of Topliss-reactive ketones (excluding diaryl/α,β-unsaturated/α-hetero) is 1. The lowest BCUT2D eigenvalue weighted by atomic mass is 9.45. The molecule has 5 nitrogen and oxygen atoms in total. The normalized spacial score (nSPS) is 50.6. The fourth-order valence-corrected chi connectivity index (χ4v) is 8.12. The Balaban J connectivity index is 1.63. The Morgan fingerprint density at radius 3 is 2.67 bits per heavy atom. The fourth-order valence-electron chi connectivity index (χ4n) is 8.12. The lowest BCUT2D eigenvalue weighted by Gasteiger charge is -2.62. The van der Waals surface area contributed by atoms with E-state index >= 15 is 8.78 Å². The van der Waals surface area contributed by atoms with Crippen LogP contribution >= 0.6 is 0 Å². The molecular formula is C26H34F2O5. The van der Waals surface area contributed by atoms with Crippen molar-refractivity contribution in [3.63, 3.8) is 0 Å². The van der Waals surface area contributed by atoms with E-state index in [4.69, 9.17) is 9.47 Å². The van der Waals surface area contributed by atoms with Gasteiger partial charge in [0.1, 0.15) is 5.83 Å². The maximum Gasteiger partial charge on any atom is 0.167 e. The molecule has 1 N–H and O–H groups in total. The van der Waals surface area contributed by atoms with Crippen LogP contribution in [0.1, 0.15) is 72.6 Å². The monoisotopic (exact) mass is 464 g/mol. The van der Waals surface area contributed by atoms with Gasteiger partial charge < -0.3 is 14.6 Å². The number of hydrogen-bond donors (Lipinski definition) is 1. The Morgan fingerprint density at radius 1 is 1.27 bits per heavy atom. The number of carbonyl (C=O) groups excluding carboxylic acids is 2. The molecule has 4 aliphatic carbocycles. The highest BCUT2D eigenvalue weighted by atomic mass is 19.1. The molecule has 9 atom stereocenters. The zero-order valence-electron chi connectivity index (χ0n) is 19.8. The summed E-state index contributed by atoms with van der Waals surface area (Å²) in [5, 5.41) is 11.4. The third-order valence-electron chi connectivity index (χ3n) is 9.71. The van der Waals surface area contributed by atoms with Crippen LogP contribution < -0.4 is 0 Å². The van der Waals surface area contributed by atoms with Gasteiger partial charge in [-0.25, -0.2) is 8.78 Å². The molecule has 0 bridgehead atoms. The van der Waals surface area contributed by atoms with Gasteiger partial charge in [-0.2, -0.15) is 0 Å². The fraction of sp³-hybridized carbons (Fsp3) is 0.769. The molecular weight excluding hydrogens is 430 g/mol. The molecule has 6 unspecified atom stereocenters. The summed E-state index contributed by atoms with van der Waals surface area (Å²) in [5.74, 6) is -2.10. The molecule has 0 aromatic rings. The first-order valence-corrected chi connectivity index (χ1v) is 12.3. The van der Waals surface area contributed by atoms with Crippen LogP contribution in [0.15, 0.2) is 23.6 Å². The Bertz CT molecular complexity index is 960. The smallest absolute Gasteiger partial charge is 0.167 e. The lowest BCUT2D eigenvalue weighted by molar-refractivity contribution is -0.228. The number of aliphatic hydroxyl groups excluding tert-OH is 1. The molecule has 5 aliphatic rings. The van der Waals surface area contributed by atoms with Gasteiger partial charge in [-0.05, 0) is 43.8 Å². The van der Waals surface area contributed by atoms with Crippen LogP contribution in [0.3, 0.4) is 0 Å². The van der Waals surface area contributed by atoms with Crippen molar-refractivity contribution in [3.05, 3.63) is 23.6 Å². The maximum absolute atomic E-state index is 17.2. The highest BCUT2D eigenvalue weighted by Crippen LogP contribution is 2.72. The summed E-state index contributed by atoms with van der Waals surface area (Å²) >= 11 is 0. The number of carbonyl (C=O) groups is 2. The van der Waals surface area contributed by atoms with E-state index in [-0.39, 0.29) is 42.8 Å². The molecule has 5 rings (SSSR count). The van der Waals surface area contributed by atoms with Crippen molar-refractivity contribution >= 4 is 11.6 Å². The minimum Gasteiger partial charge on any atom is -0.390 e. The van der Waals surface area contributed by atoms with Crippen LogP contribution in [0.2, 0.25) is 0 Å². The summed E-state index contributed by atoms with van der Waals surface area (Å²) in [6, 6.07) is 0. The number of ketones is 2. The number of aliphatic hydroxyl groups is 1. The molecule has 2 saturated carbocycles. The number of allylic oxidation sites excluding steroid dienone is 4. The molecule has 1 heterocycles. The van der Waals surface area contributed by atoms with Gasteiger partial charge in [-0.1, -0.05) is 33.3 Å². The number of rotatable bonds is 4. The average molecular weight is 465 g/mol. The summed E-state index contributed by atoms with van der Waals surface area (Å²) in [4.78, 5) is 25.5.